The van der Waals surface area contributed by atoms with Crippen LogP contribution in [-0.4, -0.2) is 15.7 Å². The van der Waals surface area contributed by atoms with E-state index in [4.69, 9.17) is 4.42 Å². The number of carbonyl (C=O) groups excluding carboxylic acids is 1. The molecule has 0 atom stereocenters. The average molecular weight is 335 g/mol. The first kappa shape index (κ1) is 15.1. The SMILES string of the molecule is Cc1c(C(=O)Nc2ccccc2-n2cccn2)oc2c(F)cccc12. The number of aromatic nitrogens is 2. The van der Waals surface area contributed by atoms with Crippen molar-refractivity contribution in [2.75, 3.05) is 5.32 Å². The quantitative estimate of drug-likeness (QED) is 0.606. The van der Waals surface area contributed by atoms with Gasteiger partial charge in [0.2, 0.25) is 0 Å². The number of anilines is 1. The number of para-hydroxylation sites is 3. The number of furan rings is 1. The topological polar surface area (TPSA) is 60.1 Å². The van der Waals surface area contributed by atoms with Gasteiger partial charge in [0.1, 0.15) is 0 Å². The molecular formula is C19H14FN3O2. The van der Waals surface area contributed by atoms with E-state index >= 15 is 0 Å². The zero-order valence-electron chi connectivity index (χ0n) is 13.4. The fourth-order valence-corrected chi connectivity index (χ4v) is 2.79. The Morgan fingerprint density at radius 3 is 2.76 bits per heavy atom. The highest BCUT2D eigenvalue weighted by Crippen LogP contribution is 2.28. The Labute approximate surface area is 142 Å². The van der Waals surface area contributed by atoms with E-state index < -0.39 is 11.7 Å². The Hall–Kier alpha value is -3.41. The fraction of sp³-hybridized carbons (Fsp3) is 0.0526. The van der Waals surface area contributed by atoms with Crippen molar-refractivity contribution >= 4 is 22.6 Å². The van der Waals surface area contributed by atoms with Crippen LogP contribution in [0.5, 0.6) is 0 Å². The van der Waals surface area contributed by atoms with Crippen LogP contribution in [0.15, 0.2) is 65.3 Å². The molecule has 5 nitrogen and oxygen atoms in total. The van der Waals surface area contributed by atoms with Crippen molar-refractivity contribution in [3.05, 3.63) is 78.1 Å². The van der Waals surface area contributed by atoms with Gasteiger partial charge in [0.15, 0.2) is 17.2 Å². The van der Waals surface area contributed by atoms with Gasteiger partial charge < -0.3 is 9.73 Å². The number of amides is 1. The Morgan fingerprint density at radius 2 is 2.00 bits per heavy atom. The van der Waals surface area contributed by atoms with Gasteiger partial charge in [-0.25, -0.2) is 9.07 Å². The minimum Gasteiger partial charge on any atom is -0.448 e. The molecular weight excluding hydrogens is 321 g/mol. The predicted octanol–water partition coefficient (Wildman–Crippen LogP) is 4.32. The highest BCUT2D eigenvalue weighted by atomic mass is 19.1. The molecule has 0 bridgehead atoms. The van der Waals surface area contributed by atoms with Crippen molar-refractivity contribution in [1.82, 2.24) is 9.78 Å². The van der Waals surface area contributed by atoms with E-state index in [0.717, 1.165) is 5.69 Å². The van der Waals surface area contributed by atoms with Crippen LogP contribution in [0.2, 0.25) is 0 Å². The monoisotopic (exact) mass is 335 g/mol. The number of rotatable bonds is 3. The summed E-state index contributed by atoms with van der Waals surface area (Å²) in [7, 11) is 0. The van der Waals surface area contributed by atoms with Crippen molar-refractivity contribution in [2.45, 2.75) is 6.92 Å². The smallest absolute Gasteiger partial charge is 0.291 e. The first-order chi connectivity index (χ1) is 12.1. The molecule has 1 N–H and O–H groups in total. The largest absolute Gasteiger partial charge is 0.448 e. The zero-order valence-corrected chi connectivity index (χ0v) is 13.4. The molecule has 2 aromatic heterocycles. The number of nitrogens with zero attached hydrogens (tertiary/aromatic N) is 2. The normalized spacial score (nSPS) is 11.0. The van der Waals surface area contributed by atoms with Crippen LogP contribution in [0.4, 0.5) is 10.1 Å². The van der Waals surface area contributed by atoms with E-state index in [1.807, 2.05) is 18.2 Å². The number of halogens is 1. The molecule has 0 fully saturated rings. The van der Waals surface area contributed by atoms with E-state index in [-0.39, 0.29) is 11.3 Å². The number of fused-ring (bicyclic) bond motifs is 1. The first-order valence-electron chi connectivity index (χ1n) is 7.73. The number of hydrogen-bond acceptors (Lipinski definition) is 3. The zero-order chi connectivity index (χ0) is 17.4. The number of hydrogen-bond donors (Lipinski definition) is 1. The van der Waals surface area contributed by atoms with Crippen molar-refractivity contribution in [3.63, 3.8) is 0 Å². The predicted molar refractivity (Wildman–Crippen MR) is 92.4 cm³/mol. The van der Waals surface area contributed by atoms with Gasteiger partial charge >= 0.3 is 0 Å². The van der Waals surface area contributed by atoms with E-state index in [9.17, 15) is 9.18 Å². The lowest BCUT2D eigenvalue weighted by atomic mass is 10.1. The molecule has 124 valence electrons. The average Bonchev–Trinajstić information content (AvgIpc) is 3.25. The van der Waals surface area contributed by atoms with E-state index in [0.29, 0.717) is 16.6 Å². The second-order valence-electron chi connectivity index (χ2n) is 5.59. The van der Waals surface area contributed by atoms with Gasteiger partial charge in [0.25, 0.3) is 5.91 Å². The van der Waals surface area contributed by atoms with Gasteiger partial charge in [-0.2, -0.15) is 5.10 Å². The van der Waals surface area contributed by atoms with Gasteiger partial charge in [-0.05, 0) is 31.2 Å². The lowest BCUT2D eigenvalue weighted by molar-refractivity contribution is 0.0997. The van der Waals surface area contributed by atoms with Crippen LogP contribution >= 0.6 is 0 Å². The number of aryl methyl sites for hydroxylation is 1. The lowest BCUT2D eigenvalue weighted by Crippen LogP contribution is -2.14. The maximum absolute atomic E-state index is 13.9. The summed E-state index contributed by atoms with van der Waals surface area (Å²) in [6.07, 6.45) is 3.44. The van der Waals surface area contributed by atoms with E-state index in [2.05, 4.69) is 10.4 Å². The minimum absolute atomic E-state index is 0.0884. The summed E-state index contributed by atoms with van der Waals surface area (Å²) in [5, 5.41) is 7.59. The number of benzene rings is 2. The maximum Gasteiger partial charge on any atom is 0.291 e. The summed E-state index contributed by atoms with van der Waals surface area (Å²) in [4.78, 5) is 12.7. The van der Waals surface area contributed by atoms with Crippen LogP contribution in [0.1, 0.15) is 16.1 Å². The van der Waals surface area contributed by atoms with Crippen LogP contribution in [0.25, 0.3) is 16.7 Å². The molecule has 2 aromatic carbocycles. The third-order valence-electron chi connectivity index (χ3n) is 4.03. The Morgan fingerprint density at radius 1 is 1.16 bits per heavy atom. The van der Waals surface area contributed by atoms with Crippen molar-refractivity contribution in [3.8, 4) is 5.69 Å². The number of nitrogens with one attached hydrogen (secondary N) is 1. The Bertz CT molecular complexity index is 1070. The van der Waals surface area contributed by atoms with Gasteiger partial charge in [-0.1, -0.05) is 24.3 Å². The van der Waals surface area contributed by atoms with Crippen LogP contribution in [0, 0.1) is 12.7 Å². The molecule has 6 heteroatoms. The first-order valence-corrected chi connectivity index (χ1v) is 7.73. The summed E-state index contributed by atoms with van der Waals surface area (Å²) >= 11 is 0. The van der Waals surface area contributed by atoms with E-state index in [1.54, 1.807) is 48.3 Å². The molecule has 0 radical (unpaired) electrons. The lowest BCUT2D eigenvalue weighted by Gasteiger charge is -2.10. The Balaban J connectivity index is 1.73. The van der Waals surface area contributed by atoms with E-state index in [1.165, 1.54) is 6.07 Å². The third-order valence-corrected chi connectivity index (χ3v) is 4.03. The summed E-state index contributed by atoms with van der Waals surface area (Å²) in [6, 6.07) is 13.7. The molecule has 2 heterocycles. The summed E-state index contributed by atoms with van der Waals surface area (Å²) in [5.41, 5.74) is 1.99. The molecule has 4 aromatic rings. The van der Waals surface area contributed by atoms with Crippen LogP contribution < -0.4 is 5.32 Å². The molecule has 25 heavy (non-hydrogen) atoms. The van der Waals surface area contributed by atoms with Gasteiger partial charge in [0.05, 0.1) is 11.4 Å². The fourth-order valence-electron chi connectivity index (χ4n) is 2.79. The molecule has 0 aliphatic carbocycles. The van der Waals surface area contributed by atoms with Crippen molar-refractivity contribution in [2.24, 2.45) is 0 Å². The molecule has 1 amide bonds. The van der Waals surface area contributed by atoms with Crippen molar-refractivity contribution < 1.29 is 13.6 Å². The third kappa shape index (κ3) is 2.57. The number of carbonyl (C=O) groups is 1. The minimum atomic E-state index is -0.489. The van der Waals surface area contributed by atoms with Gasteiger partial charge in [-0.15, -0.1) is 0 Å². The standard InChI is InChI=1S/C19H14FN3O2/c1-12-13-6-4-7-14(20)18(13)25-17(12)19(24)22-15-8-2-3-9-16(15)23-11-5-10-21-23/h2-11H,1H3,(H,22,24). The maximum atomic E-state index is 13.9. The molecule has 0 saturated heterocycles. The van der Waals surface area contributed by atoms with Gasteiger partial charge in [-0.3, -0.25) is 4.79 Å². The summed E-state index contributed by atoms with van der Waals surface area (Å²) in [6.45, 7) is 1.74. The molecule has 0 aliphatic rings. The highest BCUT2D eigenvalue weighted by molar-refractivity contribution is 6.07. The molecule has 0 spiro atoms. The molecule has 0 unspecified atom stereocenters. The highest BCUT2D eigenvalue weighted by Gasteiger charge is 2.20. The second-order valence-corrected chi connectivity index (χ2v) is 5.59. The Kier molecular flexibility index (Phi) is 3.57. The summed E-state index contributed by atoms with van der Waals surface area (Å²) in [5.74, 6) is -0.834. The van der Waals surface area contributed by atoms with Crippen LogP contribution in [0.3, 0.4) is 0 Å². The second kappa shape index (κ2) is 5.90. The molecule has 4 rings (SSSR count). The summed E-state index contributed by atoms with van der Waals surface area (Å²) < 4.78 is 21.0. The molecule has 0 saturated carbocycles. The van der Waals surface area contributed by atoms with Crippen molar-refractivity contribution in [1.29, 1.82) is 0 Å². The molecule has 0 aliphatic heterocycles. The van der Waals surface area contributed by atoms with Gasteiger partial charge in [0, 0.05) is 23.3 Å². The van der Waals surface area contributed by atoms with Crippen LogP contribution in [-0.2, 0) is 0 Å².